The SMILES string of the molecule is N#Cc1cccc(-c2ccc3c(c2)c2cc(-c4cccc(C#N)c4)ccc2n3-c2cc(-c3cc(-c4ccccc4)nc(-c4ccccc4)n3)ccc2-c2ccccc2-n2c3ccccc3c3ccccc32)c1. The van der Waals surface area contributed by atoms with Gasteiger partial charge in [0, 0.05) is 49.4 Å². The van der Waals surface area contributed by atoms with Gasteiger partial charge in [-0.15, -0.1) is 0 Å². The quantitative estimate of drug-likeness (QED) is 0.152. The van der Waals surface area contributed by atoms with E-state index in [2.05, 4.69) is 191 Å². The van der Waals surface area contributed by atoms with Crippen LogP contribution in [0.25, 0.3) is 122 Å². The molecule has 0 aliphatic heterocycles. The first-order valence-electron chi connectivity index (χ1n) is 23.9. The van der Waals surface area contributed by atoms with Crippen molar-refractivity contribution in [3.05, 3.63) is 254 Å². The van der Waals surface area contributed by atoms with Gasteiger partial charge in [-0.25, -0.2) is 9.97 Å². The molecule has 13 rings (SSSR count). The highest BCUT2D eigenvalue weighted by atomic mass is 15.0. The average Bonchev–Trinajstić information content (AvgIpc) is 3.97. The lowest BCUT2D eigenvalue weighted by atomic mass is 9.97. The minimum atomic E-state index is 0.605. The second-order valence-electron chi connectivity index (χ2n) is 18.0. The third kappa shape index (κ3) is 7.19. The van der Waals surface area contributed by atoms with Crippen molar-refractivity contribution in [3.8, 4) is 90.8 Å². The lowest BCUT2D eigenvalue weighted by Crippen LogP contribution is -2.02. The van der Waals surface area contributed by atoms with E-state index in [1.54, 1.807) is 0 Å². The van der Waals surface area contributed by atoms with Crippen LogP contribution in [0.4, 0.5) is 0 Å². The van der Waals surface area contributed by atoms with E-state index in [9.17, 15) is 10.5 Å². The van der Waals surface area contributed by atoms with E-state index in [0.717, 1.165) is 106 Å². The number of fused-ring (bicyclic) bond motifs is 6. The number of aromatic nitrogens is 4. The van der Waals surface area contributed by atoms with Crippen molar-refractivity contribution in [2.24, 2.45) is 0 Å². The summed E-state index contributed by atoms with van der Waals surface area (Å²) < 4.78 is 4.80. The summed E-state index contributed by atoms with van der Waals surface area (Å²) in [4.78, 5) is 10.5. The lowest BCUT2D eigenvalue weighted by Gasteiger charge is -2.20. The van der Waals surface area contributed by atoms with Gasteiger partial charge in [0.25, 0.3) is 0 Å². The van der Waals surface area contributed by atoms with Crippen LogP contribution < -0.4 is 0 Å². The molecule has 0 unspecified atom stereocenters. The molecule has 0 bridgehead atoms. The molecule has 3 aromatic heterocycles. The first-order valence-corrected chi connectivity index (χ1v) is 23.9. The molecule has 0 aliphatic carbocycles. The number of rotatable bonds is 8. The summed E-state index contributed by atoms with van der Waals surface area (Å²) in [6.45, 7) is 0. The highest BCUT2D eigenvalue weighted by molar-refractivity contribution is 6.13. The van der Waals surface area contributed by atoms with E-state index < -0.39 is 0 Å². The number of hydrogen-bond donors (Lipinski definition) is 0. The Bertz CT molecular complexity index is 4130. The van der Waals surface area contributed by atoms with Crippen LogP contribution in [0.1, 0.15) is 11.1 Å². The van der Waals surface area contributed by atoms with Gasteiger partial charge in [-0.2, -0.15) is 10.5 Å². The third-order valence-corrected chi connectivity index (χ3v) is 13.8. The summed E-state index contributed by atoms with van der Waals surface area (Å²) in [7, 11) is 0. The van der Waals surface area contributed by atoms with Crippen molar-refractivity contribution in [2.45, 2.75) is 0 Å². The molecular weight excluding hydrogens is 877 g/mol. The van der Waals surface area contributed by atoms with Gasteiger partial charge >= 0.3 is 0 Å². The van der Waals surface area contributed by atoms with Gasteiger partial charge in [0.15, 0.2) is 5.82 Å². The third-order valence-electron chi connectivity index (χ3n) is 13.8. The van der Waals surface area contributed by atoms with Crippen LogP contribution in [0.3, 0.4) is 0 Å². The fourth-order valence-electron chi connectivity index (χ4n) is 10.4. The van der Waals surface area contributed by atoms with Crippen molar-refractivity contribution in [2.75, 3.05) is 0 Å². The summed E-state index contributed by atoms with van der Waals surface area (Å²) in [5.74, 6) is 0.646. The maximum absolute atomic E-state index is 9.90. The van der Waals surface area contributed by atoms with Gasteiger partial charge in [0.2, 0.25) is 0 Å². The number of nitrogens with zero attached hydrogens (tertiary/aromatic N) is 6. The predicted molar refractivity (Wildman–Crippen MR) is 293 cm³/mol. The molecule has 72 heavy (non-hydrogen) atoms. The van der Waals surface area contributed by atoms with Crippen LogP contribution in [0, 0.1) is 22.7 Å². The van der Waals surface area contributed by atoms with Gasteiger partial charge in [0.1, 0.15) is 0 Å². The monoisotopic (exact) mass is 916 g/mol. The Hall–Kier alpha value is -10.1. The summed E-state index contributed by atoms with van der Waals surface area (Å²) >= 11 is 0. The van der Waals surface area contributed by atoms with Gasteiger partial charge in [0.05, 0.1) is 68.1 Å². The van der Waals surface area contributed by atoms with Crippen LogP contribution >= 0.6 is 0 Å². The van der Waals surface area contributed by atoms with E-state index in [1.165, 1.54) is 10.8 Å². The maximum atomic E-state index is 9.90. The standard InChI is InChI=1S/C66H40N6/c67-41-43-15-13-21-47(35-43)49-30-33-63-56(37-49)57-38-50(48-22-14-16-44(36-48)42-68)31-34-64(57)72(63)65-39-51(59-40-58(45-17-3-1-4-18-45)69-66(70-59)46-19-5-2-6-20-46)29-32-55(65)54-25-9-12-28-62(54)71-60-26-10-7-23-52(60)53-24-8-11-27-61(53)71/h1-40H. The van der Waals surface area contributed by atoms with Crippen molar-refractivity contribution < 1.29 is 0 Å². The molecular formula is C66H40N6. The Morgan fingerprint density at radius 2 is 0.736 bits per heavy atom. The van der Waals surface area contributed by atoms with Gasteiger partial charge in [-0.3, -0.25) is 0 Å². The smallest absolute Gasteiger partial charge is 0.160 e. The van der Waals surface area contributed by atoms with Crippen LogP contribution in [0.15, 0.2) is 243 Å². The zero-order valence-corrected chi connectivity index (χ0v) is 38.8. The maximum Gasteiger partial charge on any atom is 0.160 e. The molecule has 6 heteroatoms. The van der Waals surface area contributed by atoms with Crippen molar-refractivity contribution >= 4 is 43.6 Å². The fourth-order valence-corrected chi connectivity index (χ4v) is 10.4. The number of nitriles is 2. The Morgan fingerprint density at radius 3 is 1.33 bits per heavy atom. The second kappa shape index (κ2) is 17.4. The van der Waals surface area contributed by atoms with Crippen LogP contribution in [0.2, 0.25) is 0 Å². The molecule has 0 atom stereocenters. The number of hydrogen-bond acceptors (Lipinski definition) is 4. The van der Waals surface area contributed by atoms with Crippen LogP contribution in [0.5, 0.6) is 0 Å². The summed E-state index contributed by atoms with van der Waals surface area (Å²) in [6, 6.07) is 88.7. The van der Waals surface area contributed by atoms with Crippen molar-refractivity contribution in [3.63, 3.8) is 0 Å². The van der Waals surface area contributed by atoms with E-state index >= 15 is 0 Å². The molecule has 10 aromatic carbocycles. The fraction of sp³-hybridized carbons (Fsp3) is 0. The Labute approximate surface area is 415 Å². The molecule has 0 radical (unpaired) electrons. The average molecular weight is 917 g/mol. The zero-order valence-electron chi connectivity index (χ0n) is 38.8. The van der Waals surface area contributed by atoms with Gasteiger partial charge in [-0.05, 0) is 101 Å². The topological polar surface area (TPSA) is 83.2 Å². The molecule has 13 aromatic rings. The van der Waals surface area contributed by atoms with E-state index in [4.69, 9.17) is 9.97 Å². The molecule has 0 saturated carbocycles. The lowest BCUT2D eigenvalue weighted by molar-refractivity contribution is 1.15. The van der Waals surface area contributed by atoms with E-state index in [1.807, 2.05) is 72.8 Å². The molecule has 0 N–H and O–H groups in total. The highest BCUT2D eigenvalue weighted by Gasteiger charge is 2.23. The van der Waals surface area contributed by atoms with E-state index in [0.29, 0.717) is 17.0 Å². The first kappa shape index (κ1) is 42.0. The Kier molecular flexibility index (Phi) is 10.2. The van der Waals surface area contributed by atoms with Crippen LogP contribution in [-0.4, -0.2) is 19.1 Å². The molecule has 0 saturated heterocycles. The predicted octanol–water partition coefficient (Wildman–Crippen LogP) is 16.4. The van der Waals surface area contributed by atoms with Crippen molar-refractivity contribution in [1.29, 1.82) is 10.5 Å². The molecule has 0 aliphatic rings. The van der Waals surface area contributed by atoms with Crippen LogP contribution in [-0.2, 0) is 0 Å². The van der Waals surface area contributed by atoms with Gasteiger partial charge in [-0.1, -0.05) is 164 Å². The van der Waals surface area contributed by atoms with Crippen molar-refractivity contribution in [1.82, 2.24) is 19.1 Å². The number of para-hydroxylation sites is 3. The second-order valence-corrected chi connectivity index (χ2v) is 18.0. The van der Waals surface area contributed by atoms with Gasteiger partial charge < -0.3 is 9.13 Å². The number of benzene rings is 10. The Morgan fingerprint density at radius 1 is 0.292 bits per heavy atom. The van der Waals surface area contributed by atoms with E-state index in [-0.39, 0.29) is 0 Å². The normalized spacial score (nSPS) is 11.3. The molecule has 0 amide bonds. The summed E-state index contributed by atoms with van der Waals surface area (Å²) in [5, 5.41) is 24.3. The first-order chi connectivity index (χ1) is 35.6. The molecule has 0 fully saturated rings. The molecule has 334 valence electrons. The molecule has 6 nitrogen and oxygen atoms in total. The summed E-state index contributed by atoms with van der Waals surface area (Å²) in [6.07, 6.45) is 0. The highest BCUT2D eigenvalue weighted by Crippen LogP contribution is 2.44. The Balaban J connectivity index is 1.12. The summed E-state index contributed by atoms with van der Waals surface area (Å²) in [5.41, 5.74) is 18.1. The largest absolute Gasteiger partial charge is 0.309 e. The minimum absolute atomic E-state index is 0.605. The zero-order chi connectivity index (χ0) is 48.1. The molecule has 3 heterocycles. The molecule has 0 spiro atoms. The minimum Gasteiger partial charge on any atom is -0.309 e.